The quantitative estimate of drug-likeness (QED) is 0.0352. The number of hydrogen-bond acceptors (Lipinski definition) is 8. The molecule has 344 valence electrons. The second-order valence-corrected chi connectivity index (χ2v) is 18.0. The van der Waals surface area contributed by atoms with Gasteiger partial charge in [0.2, 0.25) is 11.8 Å². The van der Waals surface area contributed by atoms with Crippen molar-refractivity contribution in [1.82, 2.24) is 15.5 Å². The van der Waals surface area contributed by atoms with E-state index in [0.29, 0.717) is 63.6 Å². The highest BCUT2D eigenvalue weighted by molar-refractivity contribution is 7.99. The zero-order valence-electron chi connectivity index (χ0n) is 38.3. The van der Waals surface area contributed by atoms with Crippen LogP contribution in [0, 0.1) is 5.92 Å². The number of amides is 2. The lowest BCUT2D eigenvalue weighted by molar-refractivity contribution is -0.143. The molecule has 0 aromatic rings. The maximum atomic E-state index is 13.7. The fourth-order valence-electron chi connectivity index (χ4n) is 7.58. The average molecular weight is 842 g/mol. The number of unbranched alkanes of at least 4 members (excludes halogenated alkanes) is 23. The van der Waals surface area contributed by atoms with Gasteiger partial charge in [-0.05, 0) is 44.4 Å². The van der Waals surface area contributed by atoms with Crippen LogP contribution in [-0.4, -0.2) is 96.4 Å². The average Bonchev–Trinajstić information content (AvgIpc) is 3.22. The monoisotopic (exact) mass is 842 g/mol. The fraction of sp³-hybridized carbons (Fsp3) is 0.938. The summed E-state index contributed by atoms with van der Waals surface area (Å²) in [6.07, 6.45) is 36.0. The van der Waals surface area contributed by atoms with E-state index in [1.807, 2.05) is 4.90 Å². The normalized spacial score (nSPS) is 12.5. The first-order valence-corrected chi connectivity index (χ1v) is 25.8. The molecule has 2 amide bonds. The molecule has 0 saturated heterocycles. The summed E-state index contributed by atoms with van der Waals surface area (Å²) in [4.78, 5) is 41.5. The number of ether oxygens (including phenoxy) is 1. The van der Waals surface area contributed by atoms with E-state index in [1.54, 1.807) is 11.8 Å². The molecule has 0 bridgehead atoms. The van der Waals surface area contributed by atoms with Gasteiger partial charge in [0.15, 0.2) is 0 Å². The highest BCUT2D eigenvalue weighted by Crippen LogP contribution is 2.20. The third-order valence-electron chi connectivity index (χ3n) is 11.4. The van der Waals surface area contributed by atoms with Gasteiger partial charge in [-0.1, -0.05) is 181 Å². The number of thioether (sulfide) groups is 1. The number of carbonyl (C=O) groups excluding carboxylic acids is 3. The number of aliphatic hydroxyl groups excluding tert-OH is 2. The molecule has 10 heteroatoms. The largest absolute Gasteiger partial charge is 0.466 e. The smallest absolute Gasteiger partial charge is 0.306 e. The molecule has 0 rings (SSSR count). The van der Waals surface area contributed by atoms with Crippen LogP contribution in [-0.2, 0) is 19.1 Å². The van der Waals surface area contributed by atoms with Crippen LogP contribution >= 0.6 is 11.8 Å². The Morgan fingerprint density at radius 2 is 0.983 bits per heavy atom. The van der Waals surface area contributed by atoms with Gasteiger partial charge >= 0.3 is 5.97 Å². The highest BCUT2D eigenvalue weighted by Gasteiger charge is 2.25. The van der Waals surface area contributed by atoms with Gasteiger partial charge in [-0.3, -0.25) is 19.3 Å². The van der Waals surface area contributed by atoms with Crippen molar-refractivity contribution in [3.63, 3.8) is 0 Å². The zero-order valence-corrected chi connectivity index (χ0v) is 39.1. The third kappa shape index (κ3) is 37.6. The summed E-state index contributed by atoms with van der Waals surface area (Å²) < 4.78 is 5.51. The topological polar surface area (TPSA) is 128 Å². The van der Waals surface area contributed by atoms with Gasteiger partial charge < -0.3 is 25.6 Å². The predicted octanol–water partition coefficient (Wildman–Crippen LogP) is 10.9. The number of aliphatic hydroxyl groups is 2. The number of esters is 1. The molecular weight excluding hydrogens is 747 g/mol. The summed E-state index contributed by atoms with van der Waals surface area (Å²) in [6.45, 7) is 9.31. The fourth-order valence-corrected chi connectivity index (χ4v) is 8.49. The summed E-state index contributed by atoms with van der Waals surface area (Å²) in [5.41, 5.74) is 0. The molecule has 0 aliphatic heterocycles. The van der Waals surface area contributed by atoms with E-state index in [9.17, 15) is 24.6 Å². The number of rotatable bonds is 46. The first-order chi connectivity index (χ1) is 28.4. The lowest BCUT2D eigenvalue weighted by atomic mass is 9.93. The Bertz CT molecular complexity index is 907. The van der Waals surface area contributed by atoms with E-state index in [4.69, 9.17) is 4.74 Å². The third-order valence-corrected chi connectivity index (χ3v) is 12.4. The van der Waals surface area contributed by atoms with Gasteiger partial charge in [0.1, 0.15) is 6.04 Å². The van der Waals surface area contributed by atoms with Gasteiger partial charge in [-0.15, -0.1) is 0 Å². The Balaban J connectivity index is 4.62. The van der Waals surface area contributed by atoms with E-state index in [-0.39, 0.29) is 36.9 Å². The van der Waals surface area contributed by atoms with Gasteiger partial charge in [-0.2, -0.15) is 11.8 Å². The number of hydrogen-bond donors (Lipinski definition) is 4. The molecule has 0 radical (unpaired) electrons. The summed E-state index contributed by atoms with van der Waals surface area (Å²) in [6, 6.07) is -0.629. The molecular formula is C48H95N3O6S. The minimum atomic E-state index is -0.629. The van der Waals surface area contributed by atoms with E-state index >= 15 is 0 Å². The lowest BCUT2D eigenvalue weighted by Gasteiger charge is -2.23. The number of nitrogens with zero attached hydrogens (tertiary/aromatic N) is 1. The van der Waals surface area contributed by atoms with Crippen molar-refractivity contribution in [3.05, 3.63) is 0 Å². The highest BCUT2D eigenvalue weighted by atomic mass is 32.2. The van der Waals surface area contributed by atoms with Crippen molar-refractivity contribution in [1.29, 1.82) is 0 Å². The van der Waals surface area contributed by atoms with Crippen molar-refractivity contribution >= 4 is 29.5 Å². The summed E-state index contributed by atoms with van der Waals surface area (Å²) in [7, 11) is 0. The Kier molecular flexibility index (Phi) is 44.1. The van der Waals surface area contributed by atoms with Crippen LogP contribution in [0.2, 0.25) is 0 Å². The standard InChI is InChI=1S/C48H95N3O6S/c1-4-7-10-13-15-16-17-18-19-20-21-22-23-24-26-29-41-57-46(54)34-43-58-42-33-45(48(56)49-35-30-36-51(37-39-52)38-40-53)50-47(55)44(31-27-12-9-6-3)32-28-25-14-11-8-5-2/h44-45,52-53H,4-43H2,1-3H3,(H,49,56)(H,50,55). The molecule has 2 atom stereocenters. The van der Waals surface area contributed by atoms with Crippen LogP contribution in [0.25, 0.3) is 0 Å². The Labute approximate surface area is 362 Å². The molecule has 0 aliphatic carbocycles. The van der Waals surface area contributed by atoms with E-state index in [0.717, 1.165) is 57.8 Å². The molecule has 0 fully saturated rings. The Morgan fingerprint density at radius 1 is 0.534 bits per heavy atom. The Hall–Kier alpha value is -1.36. The van der Waals surface area contributed by atoms with E-state index < -0.39 is 6.04 Å². The van der Waals surface area contributed by atoms with Gasteiger partial charge in [0.05, 0.1) is 26.2 Å². The van der Waals surface area contributed by atoms with Crippen LogP contribution in [0.3, 0.4) is 0 Å². The van der Waals surface area contributed by atoms with Crippen molar-refractivity contribution in [2.24, 2.45) is 5.92 Å². The van der Waals surface area contributed by atoms with Crippen molar-refractivity contribution in [2.45, 2.75) is 226 Å². The van der Waals surface area contributed by atoms with Crippen LogP contribution in [0.5, 0.6) is 0 Å². The van der Waals surface area contributed by atoms with E-state index in [1.165, 1.54) is 122 Å². The molecule has 0 saturated carbocycles. The molecule has 0 heterocycles. The van der Waals surface area contributed by atoms with Crippen molar-refractivity contribution < 1.29 is 29.3 Å². The summed E-state index contributed by atoms with van der Waals surface area (Å²) >= 11 is 1.63. The molecule has 4 N–H and O–H groups in total. The van der Waals surface area contributed by atoms with Crippen molar-refractivity contribution in [2.75, 3.05) is 57.5 Å². The van der Waals surface area contributed by atoms with Crippen LogP contribution < -0.4 is 10.6 Å². The molecule has 9 nitrogen and oxygen atoms in total. The Morgan fingerprint density at radius 3 is 1.47 bits per heavy atom. The molecule has 0 aromatic heterocycles. The van der Waals surface area contributed by atoms with Gasteiger partial charge in [0.25, 0.3) is 0 Å². The lowest BCUT2D eigenvalue weighted by Crippen LogP contribution is -2.49. The van der Waals surface area contributed by atoms with E-state index in [2.05, 4.69) is 31.4 Å². The minimum absolute atomic E-state index is 0.00932. The van der Waals surface area contributed by atoms with Crippen LogP contribution in [0.15, 0.2) is 0 Å². The molecule has 2 unspecified atom stereocenters. The molecule has 58 heavy (non-hydrogen) atoms. The first kappa shape index (κ1) is 56.6. The first-order valence-electron chi connectivity index (χ1n) is 24.7. The van der Waals surface area contributed by atoms with Gasteiger partial charge in [0, 0.05) is 31.3 Å². The van der Waals surface area contributed by atoms with Gasteiger partial charge in [-0.25, -0.2) is 0 Å². The number of nitrogens with one attached hydrogen (secondary N) is 2. The number of carbonyl (C=O) groups is 3. The molecule has 0 spiro atoms. The maximum absolute atomic E-state index is 13.7. The predicted molar refractivity (Wildman–Crippen MR) is 247 cm³/mol. The summed E-state index contributed by atoms with van der Waals surface area (Å²) in [5.74, 6) is 0.861. The zero-order chi connectivity index (χ0) is 42.6. The second-order valence-electron chi connectivity index (χ2n) is 16.8. The second kappa shape index (κ2) is 45.2. The van der Waals surface area contributed by atoms with Crippen LogP contribution in [0.4, 0.5) is 0 Å². The maximum Gasteiger partial charge on any atom is 0.306 e. The summed E-state index contributed by atoms with van der Waals surface area (Å²) in [5, 5.41) is 24.8. The van der Waals surface area contributed by atoms with Crippen LogP contribution in [0.1, 0.15) is 220 Å². The minimum Gasteiger partial charge on any atom is -0.466 e. The molecule has 0 aromatic carbocycles. The molecule has 0 aliphatic rings. The van der Waals surface area contributed by atoms with Crippen molar-refractivity contribution in [3.8, 4) is 0 Å². The SMILES string of the molecule is CCCCCCCCCCCCCCCCCCOC(=O)CCSCCC(NC(=O)C(CCCCCC)CCCCCCCC)C(=O)NCCCN(CCO)CCO.